The Hall–Kier alpha value is -2.61. The number of amides is 3. The van der Waals surface area contributed by atoms with Crippen molar-refractivity contribution in [3.05, 3.63) is 40.8 Å². The minimum Gasteiger partial charge on any atom is -0.485 e. The van der Waals surface area contributed by atoms with Crippen LogP contribution in [0.3, 0.4) is 0 Å². The Kier molecular flexibility index (Phi) is 5.31. The molecule has 8 heteroatoms. The van der Waals surface area contributed by atoms with Crippen molar-refractivity contribution in [2.45, 2.75) is 19.6 Å². The third-order valence-electron chi connectivity index (χ3n) is 2.76. The van der Waals surface area contributed by atoms with Gasteiger partial charge in [0.05, 0.1) is 16.9 Å². The quantitative estimate of drug-likeness (QED) is 0.753. The van der Waals surface area contributed by atoms with Crippen molar-refractivity contribution in [2.24, 2.45) is 5.73 Å². The number of hydrogen-bond donors (Lipinski definition) is 3. The number of carbonyl (C=O) groups is 2. The number of carbonyl (C=O) groups excluding carboxylic acids is 2. The molecule has 4 N–H and O–H groups in total. The zero-order valence-electron chi connectivity index (χ0n) is 11.9. The molecule has 1 atom stereocenters. The highest BCUT2D eigenvalue weighted by atomic mass is 32.1. The molecule has 116 valence electrons. The fourth-order valence-corrected chi connectivity index (χ4v) is 2.22. The van der Waals surface area contributed by atoms with Gasteiger partial charge >= 0.3 is 6.03 Å². The van der Waals surface area contributed by atoms with Crippen LogP contribution in [-0.4, -0.2) is 23.0 Å². The first kappa shape index (κ1) is 15.8. The Morgan fingerprint density at radius 1 is 1.41 bits per heavy atom. The molecule has 3 amide bonds. The summed E-state index contributed by atoms with van der Waals surface area (Å²) in [6.07, 6.45) is 0. The molecule has 0 saturated heterocycles. The van der Waals surface area contributed by atoms with E-state index in [4.69, 9.17) is 10.5 Å². The lowest BCUT2D eigenvalue weighted by Crippen LogP contribution is -2.44. The highest BCUT2D eigenvalue weighted by molar-refractivity contribution is 7.07. The summed E-state index contributed by atoms with van der Waals surface area (Å²) in [5.74, 6) is 0.138. The van der Waals surface area contributed by atoms with Crippen LogP contribution >= 0.6 is 11.3 Å². The molecule has 0 saturated carbocycles. The third kappa shape index (κ3) is 4.45. The number of nitrogens with one attached hydrogen (secondary N) is 2. The molecule has 0 fully saturated rings. The molecule has 0 bridgehead atoms. The maximum Gasteiger partial charge on any atom is 0.312 e. The summed E-state index contributed by atoms with van der Waals surface area (Å²) in [6, 6.07) is 5.54. The zero-order valence-corrected chi connectivity index (χ0v) is 12.7. The Morgan fingerprint density at radius 3 is 2.86 bits per heavy atom. The lowest BCUT2D eigenvalue weighted by molar-refractivity contribution is -0.117. The minimum absolute atomic E-state index is 0.311. The largest absolute Gasteiger partial charge is 0.485 e. The predicted molar refractivity (Wildman–Crippen MR) is 83.7 cm³/mol. The molecule has 0 aliphatic heterocycles. The van der Waals surface area contributed by atoms with Crippen molar-refractivity contribution in [2.75, 3.05) is 5.32 Å². The predicted octanol–water partition coefficient (Wildman–Crippen LogP) is 1.72. The number of primary amides is 1. The molecule has 1 heterocycles. The molecule has 0 aliphatic rings. The number of anilines is 1. The van der Waals surface area contributed by atoms with Crippen LogP contribution in [0.4, 0.5) is 10.5 Å². The van der Waals surface area contributed by atoms with Crippen molar-refractivity contribution >= 4 is 29.0 Å². The van der Waals surface area contributed by atoms with Gasteiger partial charge in [-0.05, 0) is 19.1 Å². The number of nitrogens with two attached hydrogens (primary N) is 1. The first-order valence-corrected chi connectivity index (χ1v) is 7.46. The standard InChI is InChI=1S/C14H16N4O3S/c1-9(17-14(15)20)13(19)18-11-4-2-3-5-12(11)21-6-10-7-22-8-16-10/h2-5,7-9H,6H2,1H3,(H,18,19)(H3,15,17,20). The van der Waals surface area contributed by atoms with Crippen LogP contribution in [0.25, 0.3) is 0 Å². The number of benzene rings is 1. The van der Waals surface area contributed by atoms with E-state index in [0.717, 1.165) is 5.69 Å². The number of ether oxygens (including phenoxy) is 1. The summed E-state index contributed by atoms with van der Waals surface area (Å²) in [7, 11) is 0. The number of urea groups is 1. The lowest BCUT2D eigenvalue weighted by atomic mass is 10.2. The van der Waals surface area contributed by atoms with Gasteiger partial charge in [-0.15, -0.1) is 11.3 Å². The molecule has 7 nitrogen and oxygen atoms in total. The molecule has 2 rings (SSSR count). The Labute approximate surface area is 131 Å². The van der Waals surface area contributed by atoms with Crippen LogP contribution in [0.1, 0.15) is 12.6 Å². The van der Waals surface area contributed by atoms with Gasteiger partial charge in [0.15, 0.2) is 0 Å². The molecule has 1 aromatic heterocycles. The number of para-hydroxylation sites is 2. The van der Waals surface area contributed by atoms with E-state index in [9.17, 15) is 9.59 Å². The average molecular weight is 320 g/mol. The van der Waals surface area contributed by atoms with E-state index >= 15 is 0 Å². The lowest BCUT2D eigenvalue weighted by Gasteiger charge is -2.15. The molecule has 0 radical (unpaired) electrons. The van der Waals surface area contributed by atoms with Crippen molar-refractivity contribution in [1.82, 2.24) is 10.3 Å². The van der Waals surface area contributed by atoms with Crippen LogP contribution in [-0.2, 0) is 11.4 Å². The second-order valence-electron chi connectivity index (χ2n) is 4.48. The van der Waals surface area contributed by atoms with Gasteiger partial charge in [0.25, 0.3) is 0 Å². The van der Waals surface area contributed by atoms with Crippen LogP contribution in [0.15, 0.2) is 35.2 Å². The summed E-state index contributed by atoms with van der Waals surface area (Å²) in [4.78, 5) is 26.9. The van der Waals surface area contributed by atoms with E-state index in [1.54, 1.807) is 36.7 Å². The topological polar surface area (TPSA) is 106 Å². The van der Waals surface area contributed by atoms with Crippen molar-refractivity contribution in [1.29, 1.82) is 0 Å². The second kappa shape index (κ2) is 7.41. The van der Waals surface area contributed by atoms with E-state index in [2.05, 4.69) is 15.6 Å². The van der Waals surface area contributed by atoms with Gasteiger partial charge < -0.3 is 21.1 Å². The minimum atomic E-state index is -0.754. The van der Waals surface area contributed by atoms with Crippen LogP contribution < -0.4 is 21.1 Å². The highest BCUT2D eigenvalue weighted by Crippen LogP contribution is 2.24. The first-order chi connectivity index (χ1) is 10.6. The van der Waals surface area contributed by atoms with E-state index < -0.39 is 12.1 Å². The van der Waals surface area contributed by atoms with E-state index in [0.29, 0.717) is 18.0 Å². The van der Waals surface area contributed by atoms with Gasteiger partial charge in [-0.1, -0.05) is 12.1 Å². The van der Waals surface area contributed by atoms with E-state index in [1.165, 1.54) is 11.3 Å². The SMILES string of the molecule is CC(NC(N)=O)C(=O)Nc1ccccc1OCc1cscn1. The molecule has 2 aromatic rings. The first-order valence-electron chi connectivity index (χ1n) is 6.52. The van der Waals surface area contributed by atoms with Gasteiger partial charge in [-0.3, -0.25) is 4.79 Å². The van der Waals surface area contributed by atoms with Crippen LogP contribution in [0.2, 0.25) is 0 Å². The maximum atomic E-state index is 12.0. The van der Waals surface area contributed by atoms with Gasteiger partial charge in [0, 0.05) is 5.38 Å². The summed E-state index contributed by atoms with van der Waals surface area (Å²) >= 11 is 1.49. The molecular formula is C14H16N4O3S. The molecule has 1 aromatic carbocycles. The summed E-state index contributed by atoms with van der Waals surface area (Å²) < 4.78 is 5.66. The molecule has 0 spiro atoms. The molecule has 0 aliphatic carbocycles. The Bertz CT molecular complexity index is 645. The van der Waals surface area contributed by atoms with Gasteiger partial charge in [-0.25, -0.2) is 9.78 Å². The number of nitrogens with zero attached hydrogens (tertiary/aromatic N) is 1. The zero-order chi connectivity index (χ0) is 15.9. The fourth-order valence-electron chi connectivity index (χ4n) is 1.68. The van der Waals surface area contributed by atoms with E-state index in [1.807, 2.05) is 5.38 Å². The van der Waals surface area contributed by atoms with Gasteiger partial charge in [0.2, 0.25) is 5.91 Å². The summed E-state index contributed by atoms with van der Waals surface area (Å²) in [5, 5.41) is 6.90. The summed E-state index contributed by atoms with van der Waals surface area (Å²) in [6.45, 7) is 1.85. The molecule has 22 heavy (non-hydrogen) atoms. The fraction of sp³-hybridized carbons (Fsp3) is 0.214. The number of thiazole rings is 1. The Balaban J connectivity index is 2.01. The average Bonchev–Trinajstić information content (AvgIpc) is 2.99. The van der Waals surface area contributed by atoms with Crippen molar-refractivity contribution in [3.63, 3.8) is 0 Å². The number of hydrogen-bond acceptors (Lipinski definition) is 5. The van der Waals surface area contributed by atoms with Crippen molar-refractivity contribution < 1.29 is 14.3 Å². The third-order valence-corrected chi connectivity index (χ3v) is 3.39. The number of aromatic nitrogens is 1. The molecular weight excluding hydrogens is 304 g/mol. The van der Waals surface area contributed by atoms with Crippen LogP contribution in [0.5, 0.6) is 5.75 Å². The normalized spacial score (nSPS) is 11.5. The monoisotopic (exact) mass is 320 g/mol. The highest BCUT2D eigenvalue weighted by Gasteiger charge is 2.16. The van der Waals surface area contributed by atoms with Crippen LogP contribution in [0, 0.1) is 0 Å². The summed E-state index contributed by atoms with van der Waals surface area (Å²) in [5.41, 5.74) is 8.05. The smallest absolute Gasteiger partial charge is 0.312 e. The van der Waals surface area contributed by atoms with E-state index in [-0.39, 0.29) is 5.91 Å². The number of rotatable bonds is 6. The van der Waals surface area contributed by atoms with Crippen molar-refractivity contribution in [3.8, 4) is 5.75 Å². The Morgan fingerprint density at radius 2 is 2.18 bits per heavy atom. The molecule has 1 unspecified atom stereocenters. The maximum absolute atomic E-state index is 12.0. The second-order valence-corrected chi connectivity index (χ2v) is 5.20. The van der Waals surface area contributed by atoms with Gasteiger partial charge in [0.1, 0.15) is 18.4 Å². The van der Waals surface area contributed by atoms with Gasteiger partial charge in [-0.2, -0.15) is 0 Å².